The maximum atomic E-state index is 13.8. The number of ether oxygens (including phenoxy) is 1. The second-order valence-corrected chi connectivity index (χ2v) is 4.15. The number of nitro groups is 1. The van der Waals surface area contributed by atoms with Gasteiger partial charge < -0.3 is 9.84 Å². The van der Waals surface area contributed by atoms with Crippen molar-refractivity contribution in [3.63, 3.8) is 0 Å². The largest absolute Gasteiger partial charge is 0.497 e. The number of aromatic carboxylic acids is 1. The molecule has 1 N–H and O–H groups in total. The van der Waals surface area contributed by atoms with Gasteiger partial charge >= 0.3 is 11.7 Å². The van der Waals surface area contributed by atoms with E-state index in [2.05, 4.69) is 0 Å². The molecule has 0 unspecified atom stereocenters. The summed E-state index contributed by atoms with van der Waals surface area (Å²) in [6, 6.07) is 8.55. The standard InChI is InChI=1S/C14H10FNO5/c1-21-10-4-2-3-8(5-10)9-6-11(14(17)18)13(15)12(7-9)16(19)20/h2-7H,1H3,(H,17,18). The van der Waals surface area contributed by atoms with Gasteiger partial charge in [0.25, 0.3) is 0 Å². The van der Waals surface area contributed by atoms with E-state index < -0.39 is 28.0 Å². The number of hydrogen-bond acceptors (Lipinski definition) is 4. The van der Waals surface area contributed by atoms with Gasteiger partial charge in [-0.05, 0) is 29.3 Å². The number of benzene rings is 2. The zero-order chi connectivity index (χ0) is 15.6. The zero-order valence-electron chi connectivity index (χ0n) is 10.9. The number of methoxy groups -OCH3 is 1. The van der Waals surface area contributed by atoms with Crippen LogP contribution < -0.4 is 4.74 Å². The number of hydrogen-bond donors (Lipinski definition) is 1. The summed E-state index contributed by atoms with van der Waals surface area (Å²) in [5.41, 5.74) is -0.922. The molecule has 2 aromatic rings. The number of carbonyl (C=O) groups is 1. The molecular formula is C14H10FNO5. The molecule has 0 aliphatic rings. The highest BCUT2D eigenvalue weighted by molar-refractivity contribution is 5.91. The number of rotatable bonds is 4. The molecule has 0 aromatic heterocycles. The Bertz CT molecular complexity index is 694. The summed E-state index contributed by atoms with van der Waals surface area (Å²) in [5, 5.41) is 19.8. The van der Waals surface area contributed by atoms with Crippen molar-refractivity contribution < 1.29 is 24.0 Å². The van der Waals surface area contributed by atoms with E-state index in [1.807, 2.05) is 0 Å². The van der Waals surface area contributed by atoms with E-state index in [0.29, 0.717) is 11.3 Å². The van der Waals surface area contributed by atoms with Crippen LogP contribution in [0.2, 0.25) is 0 Å². The van der Waals surface area contributed by atoms with Crippen LogP contribution in [0.3, 0.4) is 0 Å². The maximum absolute atomic E-state index is 13.8. The Kier molecular flexibility index (Phi) is 3.84. The summed E-state index contributed by atoms with van der Waals surface area (Å²) in [4.78, 5) is 20.9. The van der Waals surface area contributed by atoms with Gasteiger partial charge in [0.2, 0.25) is 5.82 Å². The van der Waals surface area contributed by atoms with Crippen molar-refractivity contribution in [1.29, 1.82) is 0 Å². The van der Waals surface area contributed by atoms with E-state index in [1.54, 1.807) is 24.3 Å². The monoisotopic (exact) mass is 291 g/mol. The molecule has 0 radical (unpaired) electrons. The molecule has 0 fully saturated rings. The Morgan fingerprint density at radius 3 is 2.57 bits per heavy atom. The molecule has 0 atom stereocenters. The predicted molar refractivity (Wildman–Crippen MR) is 72.0 cm³/mol. The van der Waals surface area contributed by atoms with Crippen LogP contribution in [0.15, 0.2) is 36.4 Å². The normalized spacial score (nSPS) is 10.2. The Labute approximate surface area is 118 Å². The third-order valence-corrected chi connectivity index (χ3v) is 2.88. The molecule has 108 valence electrons. The molecule has 0 aliphatic heterocycles. The molecule has 6 nitrogen and oxygen atoms in total. The molecule has 0 spiro atoms. The fraction of sp³-hybridized carbons (Fsp3) is 0.0714. The third kappa shape index (κ3) is 2.81. The van der Waals surface area contributed by atoms with Crippen LogP contribution in [0.25, 0.3) is 11.1 Å². The minimum absolute atomic E-state index is 0.222. The number of carboxylic acid groups (broad SMARTS) is 1. The first kappa shape index (κ1) is 14.4. The maximum Gasteiger partial charge on any atom is 0.338 e. The SMILES string of the molecule is COc1cccc(-c2cc(C(=O)O)c(F)c([N+](=O)[O-])c2)c1. The quantitative estimate of drug-likeness (QED) is 0.690. The van der Waals surface area contributed by atoms with E-state index >= 15 is 0 Å². The summed E-state index contributed by atoms with van der Waals surface area (Å²) in [6.45, 7) is 0. The van der Waals surface area contributed by atoms with Crippen LogP contribution in [-0.4, -0.2) is 23.1 Å². The van der Waals surface area contributed by atoms with Gasteiger partial charge in [0.15, 0.2) is 0 Å². The minimum Gasteiger partial charge on any atom is -0.497 e. The molecule has 2 rings (SSSR count). The predicted octanol–water partition coefficient (Wildman–Crippen LogP) is 3.11. The number of nitrogens with zero attached hydrogens (tertiary/aromatic N) is 1. The Hall–Kier alpha value is -2.96. The first-order chi connectivity index (χ1) is 9.93. The molecule has 0 amide bonds. The summed E-state index contributed by atoms with van der Waals surface area (Å²) in [6.07, 6.45) is 0. The van der Waals surface area contributed by atoms with E-state index in [0.717, 1.165) is 12.1 Å². The summed E-state index contributed by atoms with van der Waals surface area (Å²) >= 11 is 0. The average molecular weight is 291 g/mol. The van der Waals surface area contributed by atoms with Gasteiger partial charge in [-0.3, -0.25) is 10.1 Å². The first-order valence-electron chi connectivity index (χ1n) is 5.79. The lowest BCUT2D eigenvalue weighted by atomic mass is 10.0. The van der Waals surface area contributed by atoms with Crippen LogP contribution >= 0.6 is 0 Å². The first-order valence-corrected chi connectivity index (χ1v) is 5.79. The lowest BCUT2D eigenvalue weighted by Crippen LogP contribution is -2.04. The second-order valence-electron chi connectivity index (χ2n) is 4.15. The molecule has 21 heavy (non-hydrogen) atoms. The highest BCUT2D eigenvalue weighted by Crippen LogP contribution is 2.31. The highest BCUT2D eigenvalue weighted by Gasteiger charge is 2.24. The van der Waals surface area contributed by atoms with Gasteiger partial charge in [0.1, 0.15) is 11.3 Å². The van der Waals surface area contributed by atoms with Crippen LogP contribution in [0.4, 0.5) is 10.1 Å². The van der Waals surface area contributed by atoms with Crippen LogP contribution in [0.1, 0.15) is 10.4 Å². The van der Waals surface area contributed by atoms with Crippen molar-refractivity contribution >= 4 is 11.7 Å². The van der Waals surface area contributed by atoms with Gasteiger partial charge in [-0.1, -0.05) is 12.1 Å². The van der Waals surface area contributed by atoms with Gasteiger partial charge in [-0.15, -0.1) is 0 Å². The van der Waals surface area contributed by atoms with Crippen LogP contribution in [-0.2, 0) is 0 Å². The number of carboxylic acids is 1. The Morgan fingerprint density at radius 2 is 2.00 bits per heavy atom. The van der Waals surface area contributed by atoms with Crippen molar-refractivity contribution in [3.8, 4) is 16.9 Å². The molecule has 2 aromatic carbocycles. The van der Waals surface area contributed by atoms with E-state index in [-0.39, 0.29) is 5.56 Å². The van der Waals surface area contributed by atoms with Gasteiger partial charge in [-0.25, -0.2) is 4.79 Å². The van der Waals surface area contributed by atoms with Gasteiger partial charge in [0.05, 0.1) is 12.0 Å². The molecular weight excluding hydrogens is 281 g/mol. The number of nitro benzene ring substituents is 1. The van der Waals surface area contributed by atoms with E-state index in [1.165, 1.54) is 7.11 Å². The molecule has 0 heterocycles. The number of halogens is 1. The second kappa shape index (κ2) is 5.58. The lowest BCUT2D eigenvalue weighted by Gasteiger charge is -2.07. The molecule has 0 bridgehead atoms. The average Bonchev–Trinajstić information content (AvgIpc) is 2.46. The third-order valence-electron chi connectivity index (χ3n) is 2.88. The fourth-order valence-corrected chi connectivity index (χ4v) is 1.87. The molecule has 0 aliphatic carbocycles. The van der Waals surface area contributed by atoms with Gasteiger partial charge in [-0.2, -0.15) is 4.39 Å². The van der Waals surface area contributed by atoms with Crippen molar-refractivity contribution in [1.82, 2.24) is 0 Å². The summed E-state index contributed by atoms with van der Waals surface area (Å²) in [5.74, 6) is -2.43. The Balaban J connectivity index is 2.68. The van der Waals surface area contributed by atoms with E-state index in [9.17, 15) is 19.3 Å². The van der Waals surface area contributed by atoms with Crippen molar-refractivity contribution in [2.24, 2.45) is 0 Å². The summed E-state index contributed by atoms with van der Waals surface area (Å²) < 4.78 is 18.8. The lowest BCUT2D eigenvalue weighted by molar-refractivity contribution is -0.387. The topological polar surface area (TPSA) is 89.7 Å². The van der Waals surface area contributed by atoms with Crippen LogP contribution in [0.5, 0.6) is 5.75 Å². The van der Waals surface area contributed by atoms with Crippen LogP contribution in [0, 0.1) is 15.9 Å². The van der Waals surface area contributed by atoms with Crippen molar-refractivity contribution in [3.05, 3.63) is 57.9 Å². The van der Waals surface area contributed by atoms with Crippen molar-refractivity contribution in [2.45, 2.75) is 0 Å². The fourth-order valence-electron chi connectivity index (χ4n) is 1.87. The zero-order valence-corrected chi connectivity index (χ0v) is 10.9. The van der Waals surface area contributed by atoms with Crippen molar-refractivity contribution in [2.75, 3.05) is 7.11 Å². The molecule has 0 saturated carbocycles. The van der Waals surface area contributed by atoms with Gasteiger partial charge in [0, 0.05) is 6.07 Å². The van der Waals surface area contributed by atoms with E-state index in [4.69, 9.17) is 9.84 Å². The molecule has 0 saturated heterocycles. The Morgan fingerprint density at radius 1 is 1.29 bits per heavy atom. The highest BCUT2D eigenvalue weighted by atomic mass is 19.1. The minimum atomic E-state index is -1.57. The molecule has 7 heteroatoms. The summed E-state index contributed by atoms with van der Waals surface area (Å²) in [7, 11) is 1.45. The smallest absolute Gasteiger partial charge is 0.338 e.